The van der Waals surface area contributed by atoms with Crippen molar-refractivity contribution in [3.05, 3.63) is 77.0 Å². The molecule has 1 aliphatic heterocycles. The smallest absolute Gasteiger partial charge is 0.287 e. The minimum absolute atomic E-state index is 0.0914. The predicted octanol–water partition coefficient (Wildman–Crippen LogP) is 4.85. The van der Waals surface area contributed by atoms with E-state index in [1.807, 2.05) is 42.5 Å². The van der Waals surface area contributed by atoms with E-state index in [1.54, 1.807) is 18.2 Å². The molecule has 25 heavy (non-hydrogen) atoms. The number of fused-ring (bicyclic) bond motifs is 1. The molecular formula is C20H16ClNO3. The van der Waals surface area contributed by atoms with E-state index in [0.29, 0.717) is 17.4 Å². The van der Waals surface area contributed by atoms with Gasteiger partial charge in [-0.3, -0.25) is 4.79 Å². The van der Waals surface area contributed by atoms with Crippen LogP contribution in [0.1, 0.15) is 28.6 Å². The Morgan fingerprint density at radius 2 is 1.84 bits per heavy atom. The number of ether oxygens (including phenoxy) is 1. The average molecular weight is 354 g/mol. The molecule has 2 aromatic carbocycles. The summed E-state index contributed by atoms with van der Waals surface area (Å²) in [5, 5.41) is 3.61. The normalized spacial score (nSPS) is 16.0. The third-order valence-electron chi connectivity index (χ3n) is 4.23. The van der Waals surface area contributed by atoms with E-state index >= 15 is 0 Å². The van der Waals surface area contributed by atoms with Crippen molar-refractivity contribution in [2.45, 2.75) is 12.5 Å². The number of halogens is 1. The highest BCUT2D eigenvalue weighted by Crippen LogP contribution is 2.32. The second-order valence-corrected chi connectivity index (χ2v) is 6.25. The van der Waals surface area contributed by atoms with Gasteiger partial charge in [0.25, 0.3) is 5.91 Å². The summed E-state index contributed by atoms with van der Waals surface area (Å²) in [4.78, 5) is 12.6. The van der Waals surface area contributed by atoms with E-state index in [2.05, 4.69) is 5.32 Å². The van der Waals surface area contributed by atoms with Crippen LogP contribution in [0.3, 0.4) is 0 Å². The fourth-order valence-corrected chi connectivity index (χ4v) is 3.22. The number of carbonyl (C=O) groups excluding carboxylic acids is 1. The Labute approximate surface area is 150 Å². The SMILES string of the molecule is O=C(N[C@H]1CCOc2ccccc21)c1ccc(-c2ccccc2Cl)o1. The quantitative estimate of drug-likeness (QED) is 0.732. The van der Waals surface area contributed by atoms with Crippen LogP contribution in [-0.4, -0.2) is 12.5 Å². The molecule has 1 aliphatic rings. The lowest BCUT2D eigenvalue weighted by molar-refractivity contribution is 0.0897. The van der Waals surface area contributed by atoms with E-state index in [1.165, 1.54) is 0 Å². The monoisotopic (exact) mass is 353 g/mol. The van der Waals surface area contributed by atoms with Crippen molar-refractivity contribution in [1.29, 1.82) is 0 Å². The molecule has 1 amide bonds. The van der Waals surface area contributed by atoms with Gasteiger partial charge in [0.1, 0.15) is 11.5 Å². The van der Waals surface area contributed by atoms with Crippen LogP contribution in [0.5, 0.6) is 5.75 Å². The van der Waals surface area contributed by atoms with Crippen LogP contribution >= 0.6 is 11.6 Å². The summed E-state index contributed by atoms with van der Waals surface area (Å²) in [5.41, 5.74) is 1.75. The van der Waals surface area contributed by atoms with Crippen LogP contribution in [0.15, 0.2) is 65.1 Å². The van der Waals surface area contributed by atoms with Gasteiger partial charge < -0.3 is 14.5 Å². The van der Waals surface area contributed by atoms with Crippen LogP contribution in [0.25, 0.3) is 11.3 Å². The molecule has 0 unspecified atom stereocenters. The highest BCUT2D eigenvalue weighted by Gasteiger charge is 2.24. The van der Waals surface area contributed by atoms with Gasteiger partial charge in [-0.2, -0.15) is 0 Å². The van der Waals surface area contributed by atoms with Crippen molar-refractivity contribution in [3.8, 4) is 17.1 Å². The Balaban J connectivity index is 1.54. The Morgan fingerprint density at radius 3 is 2.72 bits per heavy atom. The first kappa shape index (κ1) is 15.8. The molecule has 0 aliphatic carbocycles. The fraction of sp³-hybridized carbons (Fsp3) is 0.150. The summed E-state index contributed by atoms with van der Waals surface area (Å²) < 4.78 is 11.3. The lowest BCUT2D eigenvalue weighted by Gasteiger charge is -2.26. The lowest BCUT2D eigenvalue weighted by atomic mass is 10.0. The topological polar surface area (TPSA) is 51.5 Å². The Morgan fingerprint density at radius 1 is 1.04 bits per heavy atom. The first-order valence-corrected chi connectivity index (χ1v) is 8.47. The zero-order valence-electron chi connectivity index (χ0n) is 13.4. The molecule has 5 heteroatoms. The highest BCUT2D eigenvalue weighted by molar-refractivity contribution is 6.33. The van der Waals surface area contributed by atoms with Gasteiger partial charge in [-0.15, -0.1) is 0 Å². The zero-order chi connectivity index (χ0) is 17.2. The standard InChI is InChI=1S/C20H16ClNO3/c21-15-7-3-1-5-13(15)18-9-10-19(25-18)20(23)22-16-11-12-24-17-8-4-2-6-14(16)17/h1-10,16H,11-12H2,(H,22,23)/t16-/m0/s1. The average Bonchev–Trinajstić information content (AvgIpc) is 3.12. The van der Waals surface area contributed by atoms with Gasteiger partial charge in [-0.05, 0) is 30.3 Å². The van der Waals surface area contributed by atoms with Crippen LogP contribution in [0.4, 0.5) is 0 Å². The maximum atomic E-state index is 12.6. The molecule has 4 rings (SSSR count). The molecule has 2 heterocycles. The third-order valence-corrected chi connectivity index (χ3v) is 4.56. The first-order valence-electron chi connectivity index (χ1n) is 8.10. The van der Waals surface area contributed by atoms with Gasteiger partial charge in [0.05, 0.1) is 17.7 Å². The second-order valence-electron chi connectivity index (χ2n) is 5.84. The Hall–Kier alpha value is -2.72. The van der Waals surface area contributed by atoms with E-state index < -0.39 is 0 Å². The summed E-state index contributed by atoms with van der Waals surface area (Å²) in [6.45, 7) is 0.574. The van der Waals surface area contributed by atoms with Crippen molar-refractivity contribution < 1.29 is 13.9 Å². The maximum Gasteiger partial charge on any atom is 0.287 e. The lowest BCUT2D eigenvalue weighted by Crippen LogP contribution is -2.31. The van der Waals surface area contributed by atoms with Crippen molar-refractivity contribution >= 4 is 17.5 Å². The minimum Gasteiger partial charge on any atom is -0.493 e. The van der Waals surface area contributed by atoms with Gasteiger partial charge in [-0.1, -0.05) is 41.9 Å². The molecule has 1 N–H and O–H groups in total. The number of rotatable bonds is 3. The maximum absolute atomic E-state index is 12.6. The van der Waals surface area contributed by atoms with Gasteiger partial charge >= 0.3 is 0 Å². The third kappa shape index (κ3) is 3.13. The Kier molecular flexibility index (Phi) is 4.20. The van der Waals surface area contributed by atoms with Crippen molar-refractivity contribution in [3.63, 3.8) is 0 Å². The minimum atomic E-state index is -0.250. The molecule has 0 spiro atoms. The van der Waals surface area contributed by atoms with Crippen LogP contribution in [-0.2, 0) is 0 Å². The van der Waals surface area contributed by atoms with E-state index in [-0.39, 0.29) is 17.7 Å². The van der Waals surface area contributed by atoms with Crippen LogP contribution in [0, 0.1) is 0 Å². The molecule has 0 bridgehead atoms. The molecule has 3 aromatic rings. The Bertz CT molecular complexity index is 919. The highest BCUT2D eigenvalue weighted by atomic mass is 35.5. The molecule has 1 aromatic heterocycles. The van der Waals surface area contributed by atoms with E-state index in [9.17, 15) is 4.79 Å². The van der Waals surface area contributed by atoms with Gasteiger partial charge in [0.2, 0.25) is 0 Å². The van der Waals surface area contributed by atoms with Crippen molar-refractivity contribution in [1.82, 2.24) is 5.32 Å². The summed E-state index contributed by atoms with van der Waals surface area (Å²) in [6.07, 6.45) is 0.723. The molecule has 0 saturated carbocycles. The van der Waals surface area contributed by atoms with Gasteiger partial charge in [0, 0.05) is 17.5 Å². The van der Waals surface area contributed by atoms with Gasteiger partial charge in [-0.25, -0.2) is 0 Å². The summed E-state index contributed by atoms with van der Waals surface area (Å²) in [5.74, 6) is 1.40. The number of nitrogens with one attached hydrogen (secondary N) is 1. The number of amides is 1. The van der Waals surface area contributed by atoms with Crippen molar-refractivity contribution in [2.24, 2.45) is 0 Å². The fourth-order valence-electron chi connectivity index (χ4n) is 2.99. The molecular weight excluding hydrogens is 338 g/mol. The number of hydrogen-bond acceptors (Lipinski definition) is 3. The molecule has 4 nitrogen and oxygen atoms in total. The molecule has 126 valence electrons. The number of furan rings is 1. The molecule has 0 fully saturated rings. The number of hydrogen-bond donors (Lipinski definition) is 1. The predicted molar refractivity (Wildman–Crippen MR) is 95.9 cm³/mol. The van der Waals surface area contributed by atoms with E-state index in [4.69, 9.17) is 20.8 Å². The summed E-state index contributed by atoms with van der Waals surface area (Å²) >= 11 is 6.18. The van der Waals surface area contributed by atoms with Crippen LogP contribution in [0.2, 0.25) is 5.02 Å². The zero-order valence-corrected chi connectivity index (χ0v) is 14.1. The van der Waals surface area contributed by atoms with Crippen LogP contribution < -0.4 is 10.1 Å². The largest absolute Gasteiger partial charge is 0.493 e. The summed E-state index contributed by atoms with van der Waals surface area (Å²) in [6, 6.07) is 18.5. The molecule has 0 radical (unpaired) electrons. The first-order chi connectivity index (χ1) is 12.2. The van der Waals surface area contributed by atoms with Crippen molar-refractivity contribution in [2.75, 3.05) is 6.61 Å². The summed E-state index contributed by atoms with van der Waals surface area (Å²) in [7, 11) is 0. The number of carbonyl (C=O) groups is 1. The number of para-hydroxylation sites is 1. The number of benzene rings is 2. The van der Waals surface area contributed by atoms with Gasteiger partial charge in [0.15, 0.2) is 5.76 Å². The van der Waals surface area contributed by atoms with E-state index in [0.717, 1.165) is 23.3 Å². The molecule has 1 atom stereocenters. The molecule has 0 saturated heterocycles. The second kappa shape index (κ2) is 6.65.